The molecule has 1 nitrogen and oxygen atoms in total. The fraction of sp³-hybridized carbons (Fsp3) is 0.510. The Labute approximate surface area is 302 Å². The quantitative estimate of drug-likeness (QED) is 0.182. The first-order valence-electron chi connectivity index (χ1n) is 19.9. The number of rotatable bonds is 5. The maximum Gasteiger partial charge on any atom is 0.139 e. The SMILES string of the molecule is CCC1(CC)c2c(cc(C)c3c(C)cc(C)cc23)-c2c(ccc3c2C(C)(C)c2c-3oc3ccc(C)cc23)C12C(C(C)C)C(C(C)C)C2C(C)C. The third-order valence-corrected chi connectivity index (χ3v) is 14.6. The Hall–Kier alpha value is -3.32. The van der Waals surface area contributed by atoms with Gasteiger partial charge in [-0.1, -0.05) is 117 Å². The molecule has 0 N–H and O–H groups in total. The van der Waals surface area contributed by atoms with Crippen LogP contribution in [0.15, 0.2) is 52.9 Å². The van der Waals surface area contributed by atoms with E-state index in [-0.39, 0.29) is 16.2 Å². The summed E-state index contributed by atoms with van der Waals surface area (Å²) in [6.45, 7) is 34.5. The third kappa shape index (κ3) is 3.80. The lowest BCUT2D eigenvalue weighted by Crippen LogP contribution is -2.73. The van der Waals surface area contributed by atoms with Crippen LogP contribution in [0.2, 0.25) is 0 Å². The van der Waals surface area contributed by atoms with Gasteiger partial charge in [-0.3, -0.25) is 0 Å². The molecule has 1 saturated carbocycles. The minimum Gasteiger partial charge on any atom is -0.456 e. The number of benzene rings is 4. The molecular formula is C49H60O. The predicted octanol–water partition coefficient (Wildman–Crippen LogP) is 13.9. The fourth-order valence-electron chi connectivity index (χ4n) is 13.5. The van der Waals surface area contributed by atoms with Crippen molar-refractivity contribution in [1.29, 1.82) is 0 Å². The lowest BCUT2D eigenvalue weighted by Gasteiger charge is -2.75. The summed E-state index contributed by atoms with van der Waals surface area (Å²) in [6, 6.07) is 19.5. The Bertz CT molecular complexity index is 2190. The van der Waals surface area contributed by atoms with Crippen LogP contribution in [0.3, 0.4) is 0 Å². The topological polar surface area (TPSA) is 13.1 Å². The summed E-state index contributed by atoms with van der Waals surface area (Å²) in [5, 5.41) is 4.26. The van der Waals surface area contributed by atoms with E-state index >= 15 is 0 Å². The first-order valence-corrected chi connectivity index (χ1v) is 19.9. The largest absolute Gasteiger partial charge is 0.456 e. The van der Waals surface area contributed by atoms with Crippen LogP contribution in [-0.4, -0.2) is 0 Å². The molecule has 1 heterocycles. The molecule has 2 unspecified atom stereocenters. The zero-order chi connectivity index (χ0) is 36.0. The number of furan rings is 1. The Morgan fingerprint density at radius 3 is 1.86 bits per heavy atom. The van der Waals surface area contributed by atoms with Crippen LogP contribution >= 0.6 is 0 Å². The van der Waals surface area contributed by atoms with Crippen LogP contribution in [0.5, 0.6) is 0 Å². The Kier molecular flexibility index (Phi) is 7.33. The molecule has 0 bridgehead atoms. The van der Waals surface area contributed by atoms with E-state index in [0.717, 1.165) is 24.2 Å². The van der Waals surface area contributed by atoms with Gasteiger partial charge >= 0.3 is 0 Å². The van der Waals surface area contributed by atoms with Crippen molar-refractivity contribution in [2.45, 2.75) is 126 Å². The second kappa shape index (κ2) is 10.8. The predicted molar refractivity (Wildman–Crippen MR) is 215 cm³/mol. The van der Waals surface area contributed by atoms with Gasteiger partial charge in [0, 0.05) is 32.8 Å². The van der Waals surface area contributed by atoms with Gasteiger partial charge in [0.2, 0.25) is 0 Å². The van der Waals surface area contributed by atoms with Crippen molar-refractivity contribution in [2.75, 3.05) is 0 Å². The maximum absolute atomic E-state index is 6.87. The van der Waals surface area contributed by atoms with Crippen molar-refractivity contribution >= 4 is 21.7 Å². The summed E-state index contributed by atoms with van der Waals surface area (Å²) in [5.41, 5.74) is 16.8. The molecule has 262 valence electrons. The summed E-state index contributed by atoms with van der Waals surface area (Å²) in [5.74, 6) is 4.74. The molecule has 0 saturated heterocycles. The van der Waals surface area contributed by atoms with Crippen molar-refractivity contribution in [3.05, 3.63) is 93.0 Å². The Morgan fingerprint density at radius 1 is 0.640 bits per heavy atom. The maximum atomic E-state index is 6.87. The van der Waals surface area contributed by atoms with E-state index in [1.165, 1.54) is 66.2 Å². The van der Waals surface area contributed by atoms with Gasteiger partial charge in [-0.25, -0.2) is 0 Å². The molecule has 1 fully saturated rings. The minimum absolute atomic E-state index is 0.00410. The lowest BCUT2D eigenvalue weighted by atomic mass is 9.28. The first-order chi connectivity index (χ1) is 23.6. The summed E-state index contributed by atoms with van der Waals surface area (Å²) in [7, 11) is 0. The third-order valence-electron chi connectivity index (χ3n) is 14.6. The molecule has 50 heavy (non-hydrogen) atoms. The van der Waals surface area contributed by atoms with E-state index in [0.29, 0.717) is 35.5 Å². The molecular weight excluding hydrogens is 605 g/mol. The molecule has 0 aliphatic heterocycles. The van der Waals surface area contributed by atoms with Crippen LogP contribution in [0, 0.1) is 63.2 Å². The molecule has 5 aromatic rings. The van der Waals surface area contributed by atoms with Crippen molar-refractivity contribution in [2.24, 2.45) is 35.5 Å². The van der Waals surface area contributed by atoms with Gasteiger partial charge in [0.1, 0.15) is 11.3 Å². The van der Waals surface area contributed by atoms with Gasteiger partial charge in [0.05, 0.1) is 0 Å². The Balaban J connectivity index is 1.62. The van der Waals surface area contributed by atoms with E-state index in [4.69, 9.17) is 4.42 Å². The zero-order valence-corrected chi connectivity index (χ0v) is 33.4. The van der Waals surface area contributed by atoms with Crippen LogP contribution < -0.4 is 0 Å². The molecule has 1 aromatic heterocycles. The Morgan fingerprint density at radius 2 is 1.26 bits per heavy atom. The van der Waals surface area contributed by atoms with Crippen LogP contribution in [-0.2, 0) is 16.2 Å². The summed E-state index contributed by atoms with van der Waals surface area (Å²) in [6.07, 6.45) is 2.28. The fourth-order valence-corrected chi connectivity index (χ4v) is 13.5. The second-order valence-electron chi connectivity index (χ2n) is 18.5. The second-order valence-corrected chi connectivity index (χ2v) is 18.5. The van der Waals surface area contributed by atoms with E-state index in [9.17, 15) is 0 Å². The van der Waals surface area contributed by atoms with Crippen LogP contribution in [0.4, 0.5) is 0 Å². The zero-order valence-electron chi connectivity index (χ0n) is 33.4. The van der Waals surface area contributed by atoms with E-state index in [1.807, 2.05) is 0 Å². The van der Waals surface area contributed by atoms with E-state index in [2.05, 4.69) is 145 Å². The number of aryl methyl sites for hydroxylation is 4. The van der Waals surface area contributed by atoms with Gasteiger partial charge in [0.25, 0.3) is 0 Å². The van der Waals surface area contributed by atoms with Crippen molar-refractivity contribution in [3.8, 4) is 22.5 Å². The highest BCUT2D eigenvalue weighted by Gasteiger charge is 2.73. The molecule has 1 spiro atoms. The molecule has 3 aliphatic carbocycles. The number of hydrogen-bond donors (Lipinski definition) is 0. The van der Waals surface area contributed by atoms with Gasteiger partial charge in [-0.05, 0) is 138 Å². The van der Waals surface area contributed by atoms with E-state index in [1.54, 1.807) is 11.1 Å². The number of fused-ring (bicyclic) bond motifs is 12. The molecule has 1 heteroatoms. The summed E-state index contributed by atoms with van der Waals surface area (Å²) in [4.78, 5) is 0. The van der Waals surface area contributed by atoms with Gasteiger partial charge in [0.15, 0.2) is 0 Å². The lowest BCUT2D eigenvalue weighted by molar-refractivity contribution is -0.173. The average molecular weight is 665 g/mol. The van der Waals surface area contributed by atoms with Crippen molar-refractivity contribution < 1.29 is 4.42 Å². The van der Waals surface area contributed by atoms with Gasteiger partial charge < -0.3 is 4.42 Å². The normalized spacial score (nSPS) is 24.3. The molecule has 0 amide bonds. The van der Waals surface area contributed by atoms with Crippen molar-refractivity contribution in [1.82, 2.24) is 0 Å². The van der Waals surface area contributed by atoms with Gasteiger partial charge in [-0.2, -0.15) is 0 Å². The molecule has 3 aliphatic rings. The highest BCUT2D eigenvalue weighted by atomic mass is 16.3. The smallest absolute Gasteiger partial charge is 0.139 e. The minimum atomic E-state index is -0.209. The molecule has 0 radical (unpaired) electrons. The summed E-state index contributed by atoms with van der Waals surface area (Å²) < 4.78 is 6.87. The summed E-state index contributed by atoms with van der Waals surface area (Å²) >= 11 is 0. The average Bonchev–Trinajstić information content (AvgIpc) is 3.50. The monoisotopic (exact) mass is 664 g/mol. The highest BCUT2D eigenvalue weighted by Crippen LogP contribution is 2.77. The molecule has 2 atom stereocenters. The standard InChI is InChI=1S/C49H60O/c1-15-48(16-2)43-34-23-29(10)21-30(11)39(34)31(12)24-35(43)40-36(49(48)41(26(5)6)38(25(3)4)42(49)27(7)8)19-18-32-44(40)47(13,14)45-33-22-28(9)17-20-37(33)50-46(32)45/h17-27,38,41-42H,15-16H2,1-14H3. The van der Waals surface area contributed by atoms with Gasteiger partial charge in [-0.15, -0.1) is 0 Å². The highest BCUT2D eigenvalue weighted by molar-refractivity contribution is 6.04. The van der Waals surface area contributed by atoms with Crippen molar-refractivity contribution in [3.63, 3.8) is 0 Å². The van der Waals surface area contributed by atoms with Crippen LogP contribution in [0.1, 0.15) is 127 Å². The molecule has 8 rings (SSSR count). The first kappa shape index (κ1) is 33.8. The molecule has 4 aromatic carbocycles. The number of hydrogen-bond acceptors (Lipinski definition) is 1. The van der Waals surface area contributed by atoms with Crippen LogP contribution in [0.25, 0.3) is 44.2 Å². The van der Waals surface area contributed by atoms with E-state index < -0.39 is 0 Å².